The molecule has 9 heteroatoms. The molecule has 0 unspecified atom stereocenters. The van der Waals surface area contributed by atoms with Crippen molar-refractivity contribution in [2.24, 2.45) is 0 Å². The van der Waals surface area contributed by atoms with Crippen LogP contribution in [0.25, 0.3) is 11.8 Å². The number of carbonyl (C=O) groups excluding carboxylic acids is 1. The molecule has 0 radical (unpaired) electrons. The number of anilines is 1. The van der Waals surface area contributed by atoms with Crippen molar-refractivity contribution in [2.75, 3.05) is 4.90 Å². The molecule has 1 saturated heterocycles. The van der Waals surface area contributed by atoms with E-state index in [0.717, 1.165) is 27.1 Å². The smallest absolute Gasteiger partial charge is 0.270 e. The van der Waals surface area contributed by atoms with Gasteiger partial charge in [0.05, 0.1) is 25.7 Å². The van der Waals surface area contributed by atoms with Crippen molar-refractivity contribution in [1.29, 1.82) is 0 Å². The number of aromatic nitrogens is 1. The van der Waals surface area contributed by atoms with E-state index >= 15 is 0 Å². The molecular formula is C22H14BrCl3N2OS2. The van der Waals surface area contributed by atoms with E-state index in [1.165, 1.54) is 16.7 Å². The van der Waals surface area contributed by atoms with Gasteiger partial charge in [-0.25, -0.2) is 0 Å². The fourth-order valence-electron chi connectivity index (χ4n) is 3.41. The molecule has 0 saturated carbocycles. The number of hydrogen-bond acceptors (Lipinski definition) is 3. The van der Waals surface area contributed by atoms with Gasteiger partial charge in [0.2, 0.25) is 0 Å². The molecule has 1 amide bonds. The SMILES string of the molecule is Cc1cc(/C=C2\SC(=S)N(c3ccc(Br)c(Cl)c3)C2=O)c(C)n1-c1ccc(Cl)c(Cl)c1. The number of rotatable bonds is 3. The van der Waals surface area contributed by atoms with Crippen LogP contribution in [0.5, 0.6) is 0 Å². The molecule has 1 aliphatic rings. The summed E-state index contributed by atoms with van der Waals surface area (Å²) in [7, 11) is 0. The zero-order valence-corrected chi connectivity index (χ0v) is 21.7. The Hall–Kier alpha value is -1.28. The Kier molecular flexibility index (Phi) is 6.59. The van der Waals surface area contributed by atoms with E-state index in [0.29, 0.717) is 30.0 Å². The van der Waals surface area contributed by atoms with E-state index in [2.05, 4.69) is 20.5 Å². The molecule has 4 rings (SSSR count). The van der Waals surface area contributed by atoms with Crippen molar-refractivity contribution < 1.29 is 4.79 Å². The molecule has 0 spiro atoms. The summed E-state index contributed by atoms with van der Waals surface area (Å²) in [5.41, 5.74) is 4.46. The summed E-state index contributed by atoms with van der Waals surface area (Å²) in [4.78, 5) is 15.2. The number of thioether (sulfide) groups is 1. The van der Waals surface area contributed by atoms with E-state index in [1.54, 1.807) is 24.3 Å². The number of nitrogens with zero attached hydrogens (tertiary/aromatic N) is 2. The van der Waals surface area contributed by atoms with Crippen molar-refractivity contribution in [3.8, 4) is 5.69 Å². The lowest BCUT2D eigenvalue weighted by molar-refractivity contribution is -0.113. The lowest BCUT2D eigenvalue weighted by Gasteiger charge is -2.15. The van der Waals surface area contributed by atoms with Gasteiger partial charge in [-0.05, 0) is 83.9 Å². The first kappa shape index (κ1) is 22.9. The highest BCUT2D eigenvalue weighted by molar-refractivity contribution is 9.10. The maximum absolute atomic E-state index is 13.1. The van der Waals surface area contributed by atoms with E-state index in [-0.39, 0.29) is 5.91 Å². The number of hydrogen-bond donors (Lipinski definition) is 0. The highest BCUT2D eigenvalue weighted by atomic mass is 79.9. The Balaban J connectivity index is 1.71. The van der Waals surface area contributed by atoms with Crippen molar-refractivity contribution >= 4 is 96.7 Å². The van der Waals surface area contributed by atoms with Gasteiger partial charge in [-0.15, -0.1) is 0 Å². The highest BCUT2D eigenvalue weighted by Crippen LogP contribution is 2.39. The van der Waals surface area contributed by atoms with Crippen molar-refractivity contribution in [3.63, 3.8) is 0 Å². The predicted molar refractivity (Wildman–Crippen MR) is 140 cm³/mol. The van der Waals surface area contributed by atoms with Gasteiger partial charge in [0.15, 0.2) is 4.32 Å². The quantitative estimate of drug-likeness (QED) is 0.234. The zero-order valence-electron chi connectivity index (χ0n) is 16.2. The largest absolute Gasteiger partial charge is 0.318 e. The van der Waals surface area contributed by atoms with Crippen LogP contribution in [-0.4, -0.2) is 14.8 Å². The summed E-state index contributed by atoms with van der Waals surface area (Å²) >= 11 is 28.6. The van der Waals surface area contributed by atoms with Gasteiger partial charge in [0, 0.05) is 21.5 Å². The van der Waals surface area contributed by atoms with Crippen LogP contribution in [0.3, 0.4) is 0 Å². The molecule has 0 bridgehead atoms. The molecule has 31 heavy (non-hydrogen) atoms. The Bertz CT molecular complexity index is 1290. The van der Waals surface area contributed by atoms with Crippen LogP contribution in [0.4, 0.5) is 5.69 Å². The summed E-state index contributed by atoms with van der Waals surface area (Å²) in [5.74, 6) is -0.173. The minimum absolute atomic E-state index is 0.173. The van der Waals surface area contributed by atoms with Crippen LogP contribution in [0.2, 0.25) is 15.1 Å². The van der Waals surface area contributed by atoms with Gasteiger partial charge in [-0.3, -0.25) is 9.69 Å². The third kappa shape index (κ3) is 4.34. The standard InChI is InChI=1S/C22H14BrCl3N2OS2/c1-11-7-13(12(2)27(11)14-4-6-17(24)19(26)10-14)8-20-21(29)28(22(30)31-20)15-3-5-16(23)18(25)9-15/h3-10H,1-2H3/b20-8-. The average molecular weight is 573 g/mol. The number of benzene rings is 2. The maximum atomic E-state index is 13.1. The number of carbonyl (C=O) groups is 1. The number of halogens is 4. The van der Waals surface area contributed by atoms with Crippen molar-refractivity contribution in [3.05, 3.63) is 83.9 Å². The Labute approximate surface area is 213 Å². The first-order valence-corrected chi connectivity index (χ1v) is 12.2. The minimum Gasteiger partial charge on any atom is -0.318 e. The van der Waals surface area contributed by atoms with Crippen LogP contribution in [0.1, 0.15) is 17.0 Å². The topological polar surface area (TPSA) is 25.2 Å². The van der Waals surface area contributed by atoms with E-state index < -0.39 is 0 Å². The van der Waals surface area contributed by atoms with Crippen molar-refractivity contribution in [2.45, 2.75) is 13.8 Å². The molecule has 0 atom stereocenters. The predicted octanol–water partition coefficient (Wildman–Crippen LogP) is 8.22. The molecule has 1 fully saturated rings. The fourth-order valence-corrected chi connectivity index (χ4v) is 5.41. The van der Waals surface area contributed by atoms with Gasteiger partial charge < -0.3 is 4.57 Å². The summed E-state index contributed by atoms with van der Waals surface area (Å²) in [6.07, 6.45) is 1.87. The normalized spacial score (nSPS) is 15.4. The molecule has 1 aromatic heterocycles. The second-order valence-electron chi connectivity index (χ2n) is 6.88. The third-order valence-corrected chi connectivity index (χ3v) is 8.15. The summed E-state index contributed by atoms with van der Waals surface area (Å²) in [5, 5.41) is 1.51. The Morgan fingerprint density at radius 3 is 2.32 bits per heavy atom. The fraction of sp³-hybridized carbons (Fsp3) is 0.0909. The van der Waals surface area contributed by atoms with Crippen LogP contribution >= 0.6 is 74.7 Å². The molecular weight excluding hydrogens is 559 g/mol. The van der Waals surface area contributed by atoms with Gasteiger partial charge >= 0.3 is 0 Å². The second-order valence-corrected chi connectivity index (χ2v) is 10.6. The van der Waals surface area contributed by atoms with Gasteiger partial charge in [-0.1, -0.05) is 58.8 Å². The molecule has 0 aliphatic carbocycles. The van der Waals surface area contributed by atoms with Crippen LogP contribution < -0.4 is 4.90 Å². The number of thiocarbonyl (C=S) groups is 1. The van der Waals surface area contributed by atoms with Gasteiger partial charge in [-0.2, -0.15) is 0 Å². The van der Waals surface area contributed by atoms with Gasteiger partial charge in [0.25, 0.3) is 5.91 Å². The Morgan fingerprint density at radius 2 is 1.65 bits per heavy atom. The van der Waals surface area contributed by atoms with E-state index in [4.69, 9.17) is 47.0 Å². The average Bonchev–Trinajstić information content (AvgIpc) is 3.15. The molecule has 2 aromatic carbocycles. The first-order valence-electron chi connectivity index (χ1n) is 9.04. The van der Waals surface area contributed by atoms with Crippen LogP contribution in [0, 0.1) is 13.8 Å². The number of aryl methyl sites for hydroxylation is 1. The molecule has 158 valence electrons. The zero-order chi connectivity index (χ0) is 22.4. The summed E-state index contributed by atoms with van der Waals surface area (Å²) < 4.78 is 3.30. The molecule has 2 heterocycles. The molecule has 1 aliphatic heterocycles. The second kappa shape index (κ2) is 8.93. The van der Waals surface area contributed by atoms with Crippen LogP contribution in [-0.2, 0) is 4.79 Å². The first-order chi connectivity index (χ1) is 14.7. The maximum Gasteiger partial charge on any atom is 0.270 e. The lowest BCUT2D eigenvalue weighted by atomic mass is 10.2. The van der Waals surface area contributed by atoms with Crippen molar-refractivity contribution in [1.82, 2.24) is 4.57 Å². The lowest BCUT2D eigenvalue weighted by Crippen LogP contribution is -2.27. The molecule has 0 N–H and O–H groups in total. The van der Waals surface area contributed by atoms with Crippen LogP contribution in [0.15, 0.2) is 51.8 Å². The third-order valence-electron chi connectivity index (χ3n) is 4.87. The summed E-state index contributed by atoms with van der Waals surface area (Å²) in [6, 6.07) is 12.9. The summed E-state index contributed by atoms with van der Waals surface area (Å²) in [6.45, 7) is 4.00. The minimum atomic E-state index is -0.173. The number of amides is 1. The molecule has 3 aromatic rings. The van der Waals surface area contributed by atoms with Gasteiger partial charge in [0.1, 0.15) is 0 Å². The van der Waals surface area contributed by atoms with E-state index in [9.17, 15) is 4.79 Å². The Morgan fingerprint density at radius 1 is 0.968 bits per heavy atom. The van der Waals surface area contributed by atoms with E-state index in [1.807, 2.05) is 38.1 Å². The monoisotopic (exact) mass is 570 g/mol. The highest BCUT2D eigenvalue weighted by Gasteiger charge is 2.33. The molecule has 3 nitrogen and oxygen atoms in total.